The van der Waals surface area contributed by atoms with Crippen LogP contribution < -0.4 is 5.32 Å². The Balaban J connectivity index is 1.46. The molecule has 29 heavy (non-hydrogen) atoms. The van der Waals surface area contributed by atoms with E-state index in [0.717, 1.165) is 27.8 Å². The number of benzene rings is 1. The first-order valence-corrected chi connectivity index (χ1v) is 9.70. The lowest BCUT2D eigenvalue weighted by molar-refractivity contribution is -0.125. The van der Waals surface area contributed by atoms with Crippen LogP contribution in [0.15, 0.2) is 36.7 Å². The largest absolute Gasteiger partial charge is 0.361 e. The molecule has 1 aliphatic heterocycles. The number of likely N-dealkylation sites (N-methyl/N-ethyl adjacent to an activating group) is 1. The maximum Gasteiger partial charge on any atom is 0.246 e. The summed E-state index contributed by atoms with van der Waals surface area (Å²) in [6.07, 6.45) is 8.15. The Morgan fingerprint density at radius 1 is 1.21 bits per heavy atom. The molecule has 148 valence electrons. The fourth-order valence-electron chi connectivity index (χ4n) is 3.63. The maximum atomic E-state index is 12.6. The van der Waals surface area contributed by atoms with Crippen LogP contribution in [0.1, 0.15) is 34.2 Å². The predicted molar refractivity (Wildman–Crippen MR) is 114 cm³/mol. The second-order valence-electron chi connectivity index (χ2n) is 7.65. The molecule has 0 bridgehead atoms. The number of aromatic nitrogens is 2. The van der Waals surface area contributed by atoms with Crippen LogP contribution >= 0.6 is 0 Å². The summed E-state index contributed by atoms with van der Waals surface area (Å²) < 4.78 is 0. The van der Waals surface area contributed by atoms with Gasteiger partial charge in [-0.15, -0.1) is 0 Å². The number of hydrogen-bond donors (Lipinski definition) is 2. The van der Waals surface area contributed by atoms with Crippen molar-refractivity contribution in [3.63, 3.8) is 0 Å². The van der Waals surface area contributed by atoms with Crippen molar-refractivity contribution in [3.05, 3.63) is 64.5 Å². The number of carbonyl (C=O) groups excluding carboxylic acids is 2. The molecule has 2 amide bonds. The number of hydrogen-bond acceptors (Lipinski definition) is 3. The number of fused-ring (bicyclic) bond motifs is 2. The van der Waals surface area contributed by atoms with Gasteiger partial charge in [0, 0.05) is 49.4 Å². The van der Waals surface area contributed by atoms with E-state index in [9.17, 15) is 9.59 Å². The topological polar surface area (TPSA) is 78.1 Å². The molecule has 0 saturated heterocycles. The van der Waals surface area contributed by atoms with Gasteiger partial charge in [0.15, 0.2) is 0 Å². The average Bonchev–Trinajstić information content (AvgIpc) is 3.05. The molecule has 0 spiro atoms. The van der Waals surface area contributed by atoms with Gasteiger partial charge in [-0.1, -0.05) is 0 Å². The lowest BCUT2D eigenvalue weighted by Crippen LogP contribution is -2.24. The van der Waals surface area contributed by atoms with Gasteiger partial charge in [0.2, 0.25) is 11.8 Å². The predicted octanol–water partition coefficient (Wildman–Crippen LogP) is 3.74. The Morgan fingerprint density at radius 3 is 2.86 bits per heavy atom. The fraction of sp³-hybridized carbons (Fsp3) is 0.261. The SMILES string of the molecule is Cc1cc2[nH]cc(C)c2cc1CN(C)C(=O)/C=C/c1cnc2c(c1)CCC(=O)N2. The minimum absolute atomic E-state index is 0.00610. The van der Waals surface area contributed by atoms with E-state index in [4.69, 9.17) is 0 Å². The monoisotopic (exact) mass is 388 g/mol. The molecule has 2 aromatic heterocycles. The molecule has 3 heterocycles. The van der Waals surface area contributed by atoms with Gasteiger partial charge in [-0.05, 0) is 72.4 Å². The Morgan fingerprint density at radius 2 is 2.03 bits per heavy atom. The van der Waals surface area contributed by atoms with E-state index < -0.39 is 0 Å². The number of H-pyrrole nitrogens is 1. The zero-order valence-corrected chi connectivity index (χ0v) is 16.9. The number of pyridine rings is 1. The number of aromatic amines is 1. The molecule has 6 nitrogen and oxygen atoms in total. The van der Waals surface area contributed by atoms with Gasteiger partial charge < -0.3 is 15.2 Å². The molecule has 0 fully saturated rings. The van der Waals surface area contributed by atoms with E-state index in [2.05, 4.69) is 41.3 Å². The van der Waals surface area contributed by atoms with E-state index in [0.29, 0.717) is 25.2 Å². The van der Waals surface area contributed by atoms with Gasteiger partial charge in [0.1, 0.15) is 5.82 Å². The quantitative estimate of drug-likeness (QED) is 0.669. The molecule has 0 aliphatic carbocycles. The zero-order chi connectivity index (χ0) is 20.5. The number of amides is 2. The summed E-state index contributed by atoms with van der Waals surface area (Å²) in [5.41, 5.74) is 6.46. The van der Waals surface area contributed by atoms with Crippen molar-refractivity contribution in [2.45, 2.75) is 33.2 Å². The average molecular weight is 388 g/mol. The summed E-state index contributed by atoms with van der Waals surface area (Å²) >= 11 is 0. The van der Waals surface area contributed by atoms with Crippen molar-refractivity contribution in [1.29, 1.82) is 0 Å². The number of nitrogens with one attached hydrogen (secondary N) is 2. The highest BCUT2D eigenvalue weighted by molar-refractivity contribution is 5.94. The van der Waals surface area contributed by atoms with E-state index in [1.165, 1.54) is 10.9 Å². The molecule has 6 heteroatoms. The summed E-state index contributed by atoms with van der Waals surface area (Å²) in [5, 5.41) is 3.95. The van der Waals surface area contributed by atoms with Gasteiger partial charge >= 0.3 is 0 Å². The van der Waals surface area contributed by atoms with E-state index >= 15 is 0 Å². The standard InChI is InChI=1S/C23H24N4O2/c1-14-8-20-19(15(2)11-24-20)10-18(14)13-27(3)22(29)7-4-16-9-17-5-6-21(28)26-23(17)25-12-16/h4,7-12,24H,5-6,13H2,1-3H3,(H,25,26,28)/b7-4+. The first-order chi connectivity index (χ1) is 13.9. The molecule has 2 N–H and O–H groups in total. The van der Waals surface area contributed by atoms with Crippen molar-refractivity contribution in [3.8, 4) is 0 Å². The second kappa shape index (κ2) is 7.54. The zero-order valence-electron chi connectivity index (χ0n) is 16.9. The van der Waals surface area contributed by atoms with Crippen LogP contribution in [-0.2, 0) is 22.6 Å². The van der Waals surface area contributed by atoms with Crippen LogP contribution in [0.4, 0.5) is 5.82 Å². The molecular formula is C23H24N4O2. The number of carbonyl (C=O) groups is 2. The van der Waals surface area contributed by atoms with Crippen molar-refractivity contribution in [2.75, 3.05) is 12.4 Å². The first-order valence-electron chi connectivity index (χ1n) is 9.70. The Kier molecular flexibility index (Phi) is 4.92. The molecule has 4 rings (SSSR count). The van der Waals surface area contributed by atoms with Crippen molar-refractivity contribution in [1.82, 2.24) is 14.9 Å². The third-order valence-corrected chi connectivity index (χ3v) is 5.41. The summed E-state index contributed by atoms with van der Waals surface area (Å²) in [7, 11) is 1.81. The Bertz CT molecular complexity index is 1140. The van der Waals surface area contributed by atoms with E-state index in [-0.39, 0.29) is 11.8 Å². The fourth-order valence-corrected chi connectivity index (χ4v) is 3.63. The minimum atomic E-state index is -0.0682. The lowest BCUT2D eigenvalue weighted by Gasteiger charge is -2.17. The molecule has 0 unspecified atom stereocenters. The summed E-state index contributed by atoms with van der Waals surface area (Å²) in [5.74, 6) is 0.544. The normalized spacial score (nSPS) is 13.6. The van der Waals surface area contributed by atoms with Crippen LogP contribution in [0.5, 0.6) is 0 Å². The van der Waals surface area contributed by atoms with Gasteiger partial charge in [-0.2, -0.15) is 0 Å². The van der Waals surface area contributed by atoms with Crippen LogP contribution in [-0.4, -0.2) is 33.7 Å². The lowest BCUT2D eigenvalue weighted by atomic mass is 10.0. The Labute approximate surface area is 169 Å². The minimum Gasteiger partial charge on any atom is -0.361 e. The van der Waals surface area contributed by atoms with Gasteiger partial charge in [0.05, 0.1) is 0 Å². The van der Waals surface area contributed by atoms with Gasteiger partial charge in [-0.3, -0.25) is 9.59 Å². The molecule has 0 radical (unpaired) electrons. The highest BCUT2D eigenvalue weighted by Crippen LogP contribution is 2.23. The highest BCUT2D eigenvalue weighted by Gasteiger charge is 2.16. The Hall–Kier alpha value is -3.41. The van der Waals surface area contributed by atoms with E-state index in [1.54, 1.807) is 30.3 Å². The molecule has 0 saturated carbocycles. The number of nitrogens with zero attached hydrogens (tertiary/aromatic N) is 2. The smallest absolute Gasteiger partial charge is 0.246 e. The maximum absolute atomic E-state index is 12.6. The third kappa shape index (κ3) is 3.92. The molecule has 1 aliphatic rings. The van der Waals surface area contributed by atoms with E-state index in [1.807, 2.05) is 12.3 Å². The van der Waals surface area contributed by atoms with Gasteiger partial charge in [0.25, 0.3) is 0 Å². The van der Waals surface area contributed by atoms with Crippen LogP contribution in [0.25, 0.3) is 17.0 Å². The number of rotatable bonds is 4. The van der Waals surface area contributed by atoms with Crippen LogP contribution in [0.2, 0.25) is 0 Å². The third-order valence-electron chi connectivity index (χ3n) is 5.41. The number of aryl methyl sites for hydroxylation is 3. The molecule has 1 aromatic carbocycles. The molecule has 3 aromatic rings. The van der Waals surface area contributed by atoms with Crippen LogP contribution in [0, 0.1) is 13.8 Å². The van der Waals surface area contributed by atoms with Crippen molar-refractivity contribution < 1.29 is 9.59 Å². The van der Waals surface area contributed by atoms with Crippen molar-refractivity contribution >= 4 is 34.6 Å². The first kappa shape index (κ1) is 18.9. The number of anilines is 1. The molecule has 0 atom stereocenters. The summed E-state index contributed by atoms with van der Waals surface area (Å²) in [6, 6.07) is 6.26. The van der Waals surface area contributed by atoms with Gasteiger partial charge in [-0.25, -0.2) is 4.98 Å². The summed E-state index contributed by atoms with van der Waals surface area (Å²) in [6.45, 7) is 4.69. The summed E-state index contributed by atoms with van der Waals surface area (Å²) in [4.78, 5) is 33.3. The molecular weight excluding hydrogens is 364 g/mol. The highest BCUT2D eigenvalue weighted by atomic mass is 16.2. The van der Waals surface area contributed by atoms with Crippen molar-refractivity contribution in [2.24, 2.45) is 0 Å². The second-order valence-corrected chi connectivity index (χ2v) is 7.65. The van der Waals surface area contributed by atoms with Crippen LogP contribution in [0.3, 0.4) is 0 Å².